The van der Waals surface area contributed by atoms with Crippen molar-refractivity contribution in [1.82, 2.24) is 5.01 Å². The first-order valence-electron chi connectivity index (χ1n) is 9.24. The van der Waals surface area contributed by atoms with Gasteiger partial charge in [-0.05, 0) is 52.1 Å². The molecule has 26 heavy (non-hydrogen) atoms. The number of hydrogen-bond donors (Lipinski definition) is 2. The fourth-order valence-corrected chi connectivity index (χ4v) is 3.37. The van der Waals surface area contributed by atoms with E-state index >= 15 is 0 Å². The summed E-state index contributed by atoms with van der Waals surface area (Å²) in [5, 5.41) is 12.7. The number of phenolic OH excluding ortho intramolecular Hbond substituents is 1. The van der Waals surface area contributed by atoms with Gasteiger partial charge in [0.15, 0.2) is 0 Å². The normalized spacial score (nSPS) is 13.9. The summed E-state index contributed by atoms with van der Waals surface area (Å²) in [5.41, 5.74) is 5.06. The molecule has 142 valence electrons. The number of nitrogens with two attached hydrogens (primary N) is 1. The molecule has 0 aliphatic rings. The number of hydrazine groups is 1. The minimum absolute atomic E-state index is 0.0709. The first kappa shape index (κ1) is 20.5. The van der Waals surface area contributed by atoms with Gasteiger partial charge in [0.1, 0.15) is 5.75 Å². The summed E-state index contributed by atoms with van der Waals surface area (Å²) in [5.74, 6) is 6.67. The van der Waals surface area contributed by atoms with Gasteiger partial charge < -0.3 is 5.11 Å². The third-order valence-corrected chi connectivity index (χ3v) is 4.86. The lowest BCUT2D eigenvalue weighted by Gasteiger charge is -2.32. The Morgan fingerprint density at radius 2 is 1.27 bits per heavy atom. The molecule has 3 nitrogen and oxygen atoms in total. The van der Waals surface area contributed by atoms with E-state index in [2.05, 4.69) is 84.9 Å². The first-order chi connectivity index (χ1) is 11.8. The summed E-state index contributed by atoms with van der Waals surface area (Å²) in [6, 6.07) is 12.6. The highest BCUT2D eigenvalue weighted by molar-refractivity contribution is 5.51. The number of aryl methyl sites for hydroxylation is 1. The Morgan fingerprint density at radius 3 is 1.62 bits per heavy atom. The van der Waals surface area contributed by atoms with Crippen LogP contribution in [-0.4, -0.2) is 17.2 Å². The molecule has 1 atom stereocenters. The van der Waals surface area contributed by atoms with Crippen molar-refractivity contribution in [1.29, 1.82) is 0 Å². The van der Waals surface area contributed by atoms with Crippen molar-refractivity contribution in [3.63, 3.8) is 0 Å². The molecule has 1 unspecified atom stereocenters. The van der Waals surface area contributed by atoms with Crippen LogP contribution in [0.15, 0.2) is 36.4 Å². The topological polar surface area (TPSA) is 49.5 Å². The zero-order valence-electron chi connectivity index (χ0n) is 17.5. The van der Waals surface area contributed by atoms with Gasteiger partial charge in [-0.1, -0.05) is 71.4 Å². The van der Waals surface area contributed by atoms with Crippen LogP contribution in [0.25, 0.3) is 0 Å². The second-order valence-corrected chi connectivity index (χ2v) is 9.44. The van der Waals surface area contributed by atoms with Crippen LogP contribution in [0.5, 0.6) is 5.75 Å². The summed E-state index contributed by atoms with van der Waals surface area (Å²) < 4.78 is 0. The maximum Gasteiger partial charge on any atom is 0.123 e. The third-order valence-electron chi connectivity index (χ3n) is 4.86. The van der Waals surface area contributed by atoms with E-state index in [0.29, 0.717) is 5.75 Å². The molecule has 0 heterocycles. The van der Waals surface area contributed by atoms with Crippen LogP contribution in [0.3, 0.4) is 0 Å². The standard InChI is InChI=1S/C23H34N2O/c1-15-9-11-16(12-10-15)20(25(8)24)17-13-18(22(2,3)4)21(26)19(14-17)23(5,6)7/h9-14,20,26H,24H2,1-8H3. The van der Waals surface area contributed by atoms with E-state index in [0.717, 1.165) is 22.3 Å². The monoisotopic (exact) mass is 354 g/mol. The first-order valence-corrected chi connectivity index (χ1v) is 9.24. The Bertz CT molecular complexity index is 727. The van der Waals surface area contributed by atoms with Crippen molar-refractivity contribution in [3.8, 4) is 5.75 Å². The van der Waals surface area contributed by atoms with Crippen LogP contribution in [0.2, 0.25) is 0 Å². The SMILES string of the molecule is Cc1ccc(C(c2cc(C(C)(C)C)c(O)c(C(C)(C)C)c2)N(C)N)cc1. The second kappa shape index (κ2) is 7.05. The molecule has 0 spiro atoms. The van der Waals surface area contributed by atoms with Gasteiger partial charge in [-0.2, -0.15) is 0 Å². The van der Waals surface area contributed by atoms with Gasteiger partial charge in [0.05, 0.1) is 6.04 Å². The molecular weight excluding hydrogens is 320 g/mol. The molecule has 3 N–H and O–H groups in total. The lowest BCUT2D eigenvalue weighted by molar-refractivity contribution is 0.288. The molecule has 0 aliphatic carbocycles. The smallest absolute Gasteiger partial charge is 0.123 e. The minimum Gasteiger partial charge on any atom is -0.507 e. The zero-order valence-corrected chi connectivity index (χ0v) is 17.5. The maximum absolute atomic E-state index is 11.0. The van der Waals surface area contributed by atoms with Crippen molar-refractivity contribution in [2.45, 2.75) is 65.3 Å². The average Bonchev–Trinajstić information content (AvgIpc) is 2.48. The van der Waals surface area contributed by atoms with Gasteiger partial charge in [-0.25, -0.2) is 5.01 Å². The second-order valence-electron chi connectivity index (χ2n) is 9.44. The molecule has 0 radical (unpaired) electrons. The highest BCUT2D eigenvalue weighted by atomic mass is 16.3. The van der Waals surface area contributed by atoms with Gasteiger partial charge in [0.2, 0.25) is 0 Å². The molecule has 0 saturated heterocycles. The molecule has 0 fully saturated rings. The summed E-state index contributed by atoms with van der Waals surface area (Å²) >= 11 is 0. The van der Waals surface area contributed by atoms with Crippen LogP contribution in [0.1, 0.15) is 75.4 Å². The van der Waals surface area contributed by atoms with Crippen molar-refractivity contribution in [2.24, 2.45) is 5.84 Å². The lowest BCUT2D eigenvalue weighted by atomic mass is 9.77. The Kier molecular flexibility index (Phi) is 5.55. The number of hydrogen-bond acceptors (Lipinski definition) is 3. The van der Waals surface area contributed by atoms with Gasteiger partial charge >= 0.3 is 0 Å². The van der Waals surface area contributed by atoms with E-state index < -0.39 is 0 Å². The maximum atomic E-state index is 11.0. The summed E-state index contributed by atoms with van der Waals surface area (Å²) in [4.78, 5) is 0. The van der Waals surface area contributed by atoms with E-state index in [1.165, 1.54) is 5.56 Å². The Labute approximate surface area is 158 Å². The third kappa shape index (κ3) is 4.28. The van der Waals surface area contributed by atoms with Crippen LogP contribution in [0, 0.1) is 6.92 Å². The number of benzene rings is 2. The Morgan fingerprint density at radius 1 is 0.846 bits per heavy atom. The van der Waals surface area contributed by atoms with E-state index in [-0.39, 0.29) is 16.9 Å². The largest absolute Gasteiger partial charge is 0.507 e. The molecule has 2 rings (SSSR count). The lowest BCUT2D eigenvalue weighted by Crippen LogP contribution is -2.32. The molecule has 0 aliphatic heterocycles. The molecular formula is C23H34N2O. The zero-order chi connectivity index (χ0) is 19.9. The fourth-order valence-electron chi connectivity index (χ4n) is 3.37. The van der Waals surface area contributed by atoms with E-state index in [9.17, 15) is 5.11 Å². The molecule has 2 aromatic carbocycles. The van der Waals surface area contributed by atoms with E-state index in [1.807, 2.05) is 7.05 Å². The van der Waals surface area contributed by atoms with Crippen LogP contribution in [0.4, 0.5) is 0 Å². The van der Waals surface area contributed by atoms with Gasteiger partial charge in [0.25, 0.3) is 0 Å². The summed E-state index contributed by atoms with van der Waals surface area (Å²) in [6.45, 7) is 14.9. The quantitative estimate of drug-likeness (QED) is 0.589. The Balaban J connectivity index is 2.75. The van der Waals surface area contributed by atoms with Gasteiger partial charge in [0, 0.05) is 7.05 Å². The molecule has 0 saturated carbocycles. The number of phenols is 1. The van der Waals surface area contributed by atoms with E-state index in [1.54, 1.807) is 5.01 Å². The van der Waals surface area contributed by atoms with Crippen LogP contribution < -0.4 is 5.84 Å². The summed E-state index contributed by atoms with van der Waals surface area (Å²) in [7, 11) is 1.89. The number of rotatable bonds is 3. The average molecular weight is 355 g/mol. The molecule has 0 aromatic heterocycles. The van der Waals surface area contributed by atoms with Crippen LogP contribution >= 0.6 is 0 Å². The highest BCUT2D eigenvalue weighted by Crippen LogP contribution is 2.42. The van der Waals surface area contributed by atoms with Gasteiger partial charge in [-0.15, -0.1) is 0 Å². The Hall–Kier alpha value is -1.84. The summed E-state index contributed by atoms with van der Waals surface area (Å²) in [6.07, 6.45) is 0. The van der Waals surface area contributed by atoms with Crippen molar-refractivity contribution >= 4 is 0 Å². The predicted molar refractivity (Wildman–Crippen MR) is 110 cm³/mol. The van der Waals surface area contributed by atoms with Crippen molar-refractivity contribution in [3.05, 3.63) is 64.2 Å². The fraction of sp³-hybridized carbons (Fsp3) is 0.478. The number of aromatic hydroxyl groups is 1. The molecule has 3 heteroatoms. The molecule has 0 amide bonds. The number of nitrogens with zero attached hydrogens (tertiary/aromatic N) is 1. The molecule has 0 bridgehead atoms. The van der Waals surface area contributed by atoms with Crippen LogP contribution in [-0.2, 0) is 10.8 Å². The van der Waals surface area contributed by atoms with Crippen molar-refractivity contribution in [2.75, 3.05) is 7.05 Å². The molecule has 2 aromatic rings. The van der Waals surface area contributed by atoms with E-state index in [4.69, 9.17) is 5.84 Å². The van der Waals surface area contributed by atoms with Gasteiger partial charge in [-0.3, -0.25) is 5.84 Å². The highest BCUT2D eigenvalue weighted by Gasteiger charge is 2.29. The minimum atomic E-state index is -0.162. The van der Waals surface area contributed by atoms with Crippen molar-refractivity contribution < 1.29 is 5.11 Å². The predicted octanol–water partition coefficient (Wildman–Crippen LogP) is 5.19.